The van der Waals surface area contributed by atoms with E-state index in [1.165, 1.54) is 11.3 Å². The van der Waals surface area contributed by atoms with E-state index in [-0.39, 0.29) is 5.78 Å². The number of carbonyl (C=O) groups excluding carboxylic acids is 1. The minimum atomic E-state index is 0.233. The molecule has 3 heterocycles. The van der Waals surface area contributed by atoms with Gasteiger partial charge < -0.3 is 4.98 Å². The number of Topliss-reactive ketones (excluding diaryl/α,β-unsaturated/α-hetero) is 1. The van der Waals surface area contributed by atoms with Crippen LogP contribution in [0.5, 0.6) is 0 Å². The summed E-state index contributed by atoms with van der Waals surface area (Å²) in [6.07, 6.45) is 5.23. The summed E-state index contributed by atoms with van der Waals surface area (Å²) >= 11 is 1.52. The number of aromatic nitrogens is 2. The summed E-state index contributed by atoms with van der Waals surface area (Å²) < 4.78 is 0. The SMILES string of the molecule is CC.CCCC(=O)c1cc(-c2c[nH]c3ncccc23)cs1. The van der Waals surface area contributed by atoms with Crippen LogP contribution in [0.1, 0.15) is 43.3 Å². The van der Waals surface area contributed by atoms with Gasteiger partial charge >= 0.3 is 0 Å². The molecule has 0 spiro atoms. The van der Waals surface area contributed by atoms with E-state index in [9.17, 15) is 4.79 Å². The van der Waals surface area contributed by atoms with Crippen molar-refractivity contribution in [2.45, 2.75) is 33.6 Å². The number of ketones is 1. The lowest BCUT2D eigenvalue weighted by Crippen LogP contribution is -1.93. The minimum absolute atomic E-state index is 0.233. The Hall–Kier alpha value is -1.94. The zero-order valence-electron chi connectivity index (χ0n) is 12.6. The lowest BCUT2D eigenvalue weighted by Gasteiger charge is -1.94. The summed E-state index contributed by atoms with van der Waals surface area (Å²) in [5.41, 5.74) is 3.07. The van der Waals surface area contributed by atoms with Gasteiger partial charge in [0, 0.05) is 29.8 Å². The number of nitrogens with one attached hydrogen (secondary N) is 1. The highest BCUT2D eigenvalue weighted by Gasteiger charge is 2.12. The van der Waals surface area contributed by atoms with Crippen molar-refractivity contribution in [3.05, 3.63) is 40.8 Å². The predicted molar refractivity (Wildman–Crippen MR) is 90.0 cm³/mol. The summed E-state index contributed by atoms with van der Waals surface area (Å²) in [6.45, 7) is 6.03. The van der Waals surface area contributed by atoms with Crippen LogP contribution in [0.2, 0.25) is 0 Å². The van der Waals surface area contributed by atoms with Crippen molar-refractivity contribution in [2.24, 2.45) is 0 Å². The number of H-pyrrole nitrogens is 1. The van der Waals surface area contributed by atoms with Crippen LogP contribution < -0.4 is 0 Å². The van der Waals surface area contributed by atoms with E-state index in [1.807, 2.05) is 50.5 Å². The maximum Gasteiger partial charge on any atom is 0.172 e. The van der Waals surface area contributed by atoms with Crippen molar-refractivity contribution >= 4 is 28.2 Å². The van der Waals surface area contributed by atoms with Crippen LogP contribution >= 0.6 is 11.3 Å². The number of thiophene rings is 1. The predicted octanol–water partition coefficient (Wildman–Crippen LogP) is 5.30. The summed E-state index contributed by atoms with van der Waals surface area (Å²) in [6, 6.07) is 5.95. The normalized spacial score (nSPS) is 10.2. The zero-order valence-corrected chi connectivity index (χ0v) is 13.5. The summed E-state index contributed by atoms with van der Waals surface area (Å²) in [5.74, 6) is 0.233. The van der Waals surface area contributed by atoms with Crippen LogP contribution in [0.3, 0.4) is 0 Å². The molecule has 0 aromatic carbocycles. The Morgan fingerprint density at radius 3 is 2.95 bits per heavy atom. The maximum absolute atomic E-state index is 11.9. The molecular formula is C17H20N2OS. The molecule has 0 radical (unpaired) electrons. The Balaban J connectivity index is 0.000000774. The highest BCUT2D eigenvalue weighted by Crippen LogP contribution is 2.31. The quantitative estimate of drug-likeness (QED) is 0.664. The molecule has 0 saturated carbocycles. The van der Waals surface area contributed by atoms with Crippen LogP contribution in [-0.4, -0.2) is 15.8 Å². The second-order valence-corrected chi connectivity index (χ2v) is 5.39. The van der Waals surface area contributed by atoms with Crippen molar-refractivity contribution in [2.75, 3.05) is 0 Å². The maximum atomic E-state index is 11.9. The first-order chi connectivity index (χ1) is 10.3. The van der Waals surface area contributed by atoms with Gasteiger partial charge in [-0.3, -0.25) is 4.79 Å². The third kappa shape index (κ3) is 3.22. The lowest BCUT2D eigenvalue weighted by molar-refractivity contribution is 0.0985. The molecular weight excluding hydrogens is 280 g/mol. The highest BCUT2D eigenvalue weighted by molar-refractivity contribution is 7.12. The fourth-order valence-electron chi connectivity index (χ4n) is 2.17. The zero-order chi connectivity index (χ0) is 15.2. The molecule has 3 aromatic rings. The molecule has 0 aliphatic heterocycles. The molecule has 0 atom stereocenters. The Bertz CT molecular complexity index is 727. The first kappa shape index (κ1) is 15.4. The topological polar surface area (TPSA) is 45.8 Å². The fourth-order valence-corrected chi connectivity index (χ4v) is 3.05. The number of aromatic amines is 1. The van der Waals surface area contributed by atoms with Crippen molar-refractivity contribution in [1.29, 1.82) is 0 Å². The van der Waals surface area contributed by atoms with E-state index in [4.69, 9.17) is 0 Å². The van der Waals surface area contributed by atoms with E-state index >= 15 is 0 Å². The molecule has 1 N–H and O–H groups in total. The van der Waals surface area contributed by atoms with Crippen LogP contribution in [0, 0.1) is 0 Å². The van der Waals surface area contributed by atoms with Gasteiger partial charge in [0.05, 0.1) is 4.88 Å². The lowest BCUT2D eigenvalue weighted by atomic mass is 10.1. The molecule has 0 amide bonds. The molecule has 110 valence electrons. The Morgan fingerprint density at radius 2 is 2.19 bits per heavy atom. The number of rotatable bonds is 4. The van der Waals surface area contributed by atoms with Crippen LogP contribution in [0.4, 0.5) is 0 Å². The number of fused-ring (bicyclic) bond motifs is 1. The second-order valence-electron chi connectivity index (χ2n) is 4.47. The van der Waals surface area contributed by atoms with Gasteiger partial charge in [0.2, 0.25) is 0 Å². The van der Waals surface area contributed by atoms with E-state index in [0.29, 0.717) is 6.42 Å². The standard InChI is InChI=1S/C15H14N2OS.C2H6/c1-2-4-13(18)14-7-10(9-19-14)12-8-17-15-11(12)5-3-6-16-15;1-2/h3,5-9H,2,4H2,1H3,(H,16,17);1-2H3. The van der Waals surface area contributed by atoms with Crippen molar-refractivity contribution in [1.82, 2.24) is 9.97 Å². The van der Waals surface area contributed by atoms with Crippen LogP contribution in [0.25, 0.3) is 22.2 Å². The second kappa shape index (κ2) is 7.18. The number of pyridine rings is 1. The van der Waals surface area contributed by atoms with Gasteiger partial charge in [0.25, 0.3) is 0 Å². The molecule has 0 aliphatic rings. The molecule has 0 fully saturated rings. The first-order valence-corrected chi connectivity index (χ1v) is 8.21. The van der Waals surface area contributed by atoms with Crippen LogP contribution in [0.15, 0.2) is 36.0 Å². The third-order valence-electron chi connectivity index (χ3n) is 3.11. The molecule has 0 saturated heterocycles. The summed E-state index contributed by atoms with van der Waals surface area (Å²) in [5, 5.41) is 3.13. The van der Waals surface area contributed by atoms with Gasteiger partial charge in [-0.15, -0.1) is 11.3 Å². The van der Waals surface area contributed by atoms with Gasteiger partial charge in [0.15, 0.2) is 5.78 Å². The first-order valence-electron chi connectivity index (χ1n) is 7.34. The van der Waals surface area contributed by atoms with Crippen molar-refractivity contribution < 1.29 is 4.79 Å². The van der Waals surface area contributed by atoms with Gasteiger partial charge in [-0.25, -0.2) is 4.98 Å². The smallest absolute Gasteiger partial charge is 0.172 e. The van der Waals surface area contributed by atoms with Crippen molar-refractivity contribution in [3.8, 4) is 11.1 Å². The van der Waals surface area contributed by atoms with Crippen molar-refractivity contribution in [3.63, 3.8) is 0 Å². The van der Waals surface area contributed by atoms with E-state index in [2.05, 4.69) is 9.97 Å². The molecule has 21 heavy (non-hydrogen) atoms. The molecule has 0 unspecified atom stereocenters. The molecule has 3 aromatic heterocycles. The molecule has 4 heteroatoms. The number of hydrogen-bond acceptors (Lipinski definition) is 3. The summed E-state index contributed by atoms with van der Waals surface area (Å²) in [7, 11) is 0. The Labute approximate surface area is 129 Å². The van der Waals surface area contributed by atoms with E-state index in [0.717, 1.165) is 33.5 Å². The number of nitrogens with zero attached hydrogens (tertiary/aromatic N) is 1. The summed E-state index contributed by atoms with van der Waals surface area (Å²) in [4.78, 5) is 20.2. The average molecular weight is 300 g/mol. The van der Waals surface area contributed by atoms with E-state index < -0.39 is 0 Å². The van der Waals surface area contributed by atoms with Gasteiger partial charge in [-0.1, -0.05) is 20.8 Å². The van der Waals surface area contributed by atoms with E-state index in [1.54, 1.807) is 6.20 Å². The molecule has 0 bridgehead atoms. The third-order valence-corrected chi connectivity index (χ3v) is 4.08. The largest absolute Gasteiger partial charge is 0.346 e. The molecule has 0 aliphatic carbocycles. The van der Waals surface area contributed by atoms with Crippen LogP contribution in [-0.2, 0) is 0 Å². The Morgan fingerprint density at radius 1 is 1.38 bits per heavy atom. The minimum Gasteiger partial charge on any atom is -0.346 e. The highest BCUT2D eigenvalue weighted by atomic mass is 32.1. The number of carbonyl (C=O) groups is 1. The van der Waals surface area contributed by atoms with Gasteiger partial charge in [-0.05, 0) is 35.6 Å². The Kier molecular flexibility index (Phi) is 5.28. The molecule has 3 rings (SSSR count). The number of hydrogen-bond donors (Lipinski definition) is 1. The van der Waals surface area contributed by atoms with Gasteiger partial charge in [-0.2, -0.15) is 0 Å². The monoisotopic (exact) mass is 300 g/mol. The van der Waals surface area contributed by atoms with Gasteiger partial charge in [0.1, 0.15) is 5.65 Å². The molecule has 3 nitrogen and oxygen atoms in total. The average Bonchev–Trinajstić information content (AvgIpc) is 3.16. The fraction of sp³-hybridized carbons (Fsp3) is 0.294.